The van der Waals surface area contributed by atoms with E-state index in [2.05, 4.69) is 27.4 Å². The van der Waals surface area contributed by atoms with Crippen LogP contribution in [-0.2, 0) is 33.2 Å². The van der Waals surface area contributed by atoms with Crippen LogP contribution in [0, 0.1) is 56.7 Å². The van der Waals surface area contributed by atoms with E-state index < -0.39 is 134 Å². The fraction of sp³-hybridized carbons (Fsp3) is 0.938. The molecule has 3 heterocycles. The first-order valence-electron chi connectivity index (χ1n) is 24.5. The SMILES string of the molecule is C=C(C)[C@@H]1CC[C@]2(C(=O)O[C@@H]3O[C@H](CO[C@@H]4O[C@H](CO)[C@@H](O[C@@H]5O[C@@H](C)[C@H](O)[C@@H](O)[C@H]5O)[C@H](O)[C@H]4O)[C@@H](O)[C@H](O)[C@H]3O)CC[C@]3(C)[C@H](C[C@@H](O)[C@@H]4[C@@]5(C)CC[C@@H](O)[C@@](C)(CO)[C@@H]5CC[C@]43C)[C@@H]12. The summed E-state index contributed by atoms with van der Waals surface area (Å²) < 4.78 is 34.6. The van der Waals surface area contributed by atoms with E-state index in [0.717, 1.165) is 24.8 Å². The number of fused-ring (bicyclic) bond motifs is 7. The van der Waals surface area contributed by atoms with Gasteiger partial charge in [0.1, 0.15) is 67.1 Å². The van der Waals surface area contributed by atoms with E-state index in [9.17, 15) is 66.1 Å². The topological polar surface area (TPSA) is 315 Å². The third-order valence-corrected chi connectivity index (χ3v) is 19.8. The summed E-state index contributed by atoms with van der Waals surface area (Å²) in [5, 5.41) is 131. The van der Waals surface area contributed by atoms with Crippen molar-refractivity contribution >= 4 is 5.97 Å². The molecule has 0 aromatic rings. The first kappa shape index (κ1) is 51.9. The van der Waals surface area contributed by atoms with Gasteiger partial charge in [0.25, 0.3) is 0 Å². The Morgan fingerprint density at radius 2 is 1.33 bits per heavy atom. The molecule has 12 N–H and O–H groups in total. The fourth-order valence-corrected chi connectivity index (χ4v) is 15.8. The quantitative estimate of drug-likeness (QED) is 0.0920. The number of carbonyl (C=O) groups is 1. The van der Waals surface area contributed by atoms with Crippen molar-refractivity contribution < 1.29 is 94.5 Å². The molecule has 8 rings (SSSR count). The Bertz CT molecular complexity index is 1810. The average molecular weight is 959 g/mol. The molecule has 0 unspecified atom stereocenters. The molecular formula is C48H78O19. The van der Waals surface area contributed by atoms with Gasteiger partial charge in [-0.15, -0.1) is 0 Å². The largest absolute Gasteiger partial charge is 0.432 e. The van der Waals surface area contributed by atoms with E-state index in [0.29, 0.717) is 38.5 Å². The van der Waals surface area contributed by atoms with E-state index in [1.165, 1.54) is 6.92 Å². The van der Waals surface area contributed by atoms with Gasteiger partial charge in [-0.05, 0) is 117 Å². The number of hydrogen-bond donors (Lipinski definition) is 12. The van der Waals surface area contributed by atoms with Crippen LogP contribution in [0.15, 0.2) is 12.2 Å². The Kier molecular flexibility index (Phi) is 14.4. The van der Waals surface area contributed by atoms with Gasteiger partial charge in [-0.3, -0.25) is 4.79 Å². The van der Waals surface area contributed by atoms with Crippen LogP contribution in [0.3, 0.4) is 0 Å². The van der Waals surface area contributed by atoms with E-state index in [4.69, 9.17) is 28.4 Å². The van der Waals surface area contributed by atoms with Crippen LogP contribution in [0.2, 0.25) is 0 Å². The highest BCUT2D eigenvalue weighted by Gasteiger charge is 2.74. The van der Waals surface area contributed by atoms with Crippen molar-refractivity contribution in [1.29, 1.82) is 0 Å². The lowest BCUT2D eigenvalue weighted by molar-refractivity contribution is -0.361. The molecule has 19 nitrogen and oxygen atoms in total. The molecule has 5 aliphatic carbocycles. The third-order valence-electron chi connectivity index (χ3n) is 19.8. The van der Waals surface area contributed by atoms with E-state index in [-0.39, 0.29) is 52.4 Å². The second-order valence-electron chi connectivity index (χ2n) is 23.0. The van der Waals surface area contributed by atoms with Gasteiger partial charge in [0, 0.05) is 5.41 Å². The number of allylic oxidation sites excluding steroid dienone is 1. The molecule has 3 aliphatic heterocycles. The maximum absolute atomic E-state index is 15.0. The maximum atomic E-state index is 15.0. The molecule has 3 saturated heterocycles. The predicted molar refractivity (Wildman–Crippen MR) is 231 cm³/mol. The number of aliphatic hydroxyl groups is 12. The van der Waals surface area contributed by atoms with E-state index >= 15 is 0 Å². The van der Waals surface area contributed by atoms with Gasteiger partial charge in [-0.1, -0.05) is 39.8 Å². The van der Waals surface area contributed by atoms with Crippen LogP contribution in [0.25, 0.3) is 0 Å². The second kappa shape index (κ2) is 18.5. The first-order valence-corrected chi connectivity index (χ1v) is 24.5. The normalized spacial score (nSPS) is 56.5. The van der Waals surface area contributed by atoms with E-state index in [1.807, 2.05) is 13.8 Å². The van der Waals surface area contributed by atoms with Crippen molar-refractivity contribution in [3.8, 4) is 0 Å². The maximum Gasteiger partial charge on any atom is 0.314 e. The van der Waals surface area contributed by atoms with Crippen LogP contribution >= 0.6 is 0 Å². The number of ether oxygens (including phenoxy) is 6. The predicted octanol–water partition coefficient (Wildman–Crippen LogP) is -1.03. The second-order valence-corrected chi connectivity index (χ2v) is 23.0. The summed E-state index contributed by atoms with van der Waals surface area (Å²) in [5.74, 6) is -1.26. The number of rotatable bonds is 10. The van der Waals surface area contributed by atoms with Crippen molar-refractivity contribution in [2.24, 2.45) is 56.7 Å². The summed E-state index contributed by atoms with van der Waals surface area (Å²) in [5.41, 5.74) is -1.89. The Balaban J connectivity index is 0.978. The molecule has 27 atom stereocenters. The summed E-state index contributed by atoms with van der Waals surface area (Å²) in [6, 6.07) is 0. The molecule has 19 heteroatoms. The van der Waals surface area contributed by atoms with Crippen molar-refractivity contribution in [2.75, 3.05) is 19.8 Å². The van der Waals surface area contributed by atoms with Crippen molar-refractivity contribution in [3.63, 3.8) is 0 Å². The number of aliphatic hydroxyl groups excluding tert-OH is 12. The van der Waals surface area contributed by atoms with Gasteiger partial charge in [0.05, 0.1) is 43.5 Å². The molecular weight excluding hydrogens is 881 g/mol. The minimum absolute atomic E-state index is 0.00507. The van der Waals surface area contributed by atoms with Crippen LogP contribution < -0.4 is 0 Å². The summed E-state index contributed by atoms with van der Waals surface area (Å²) >= 11 is 0. The molecule has 0 bridgehead atoms. The number of hydrogen-bond acceptors (Lipinski definition) is 19. The van der Waals surface area contributed by atoms with Gasteiger partial charge in [-0.25, -0.2) is 0 Å². The lowest BCUT2D eigenvalue weighted by atomic mass is 9.31. The van der Waals surface area contributed by atoms with Crippen LogP contribution in [0.4, 0.5) is 0 Å². The van der Waals surface area contributed by atoms with Crippen molar-refractivity contribution in [1.82, 2.24) is 0 Å². The summed E-state index contributed by atoms with van der Waals surface area (Å²) in [6.45, 7) is 15.0. The van der Waals surface area contributed by atoms with Crippen LogP contribution in [0.1, 0.15) is 99.3 Å². The monoisotopic (exact) mass is 959 g/mol. The molecule has 0 aromatic carbocycles. The standard InChI is InChI=1S/C48H78O19/c1-20(2)22-8-13-48(15-14-46(6)23(29(22)48)16-24(51)39-44(4)11-10-28(52)45(5,19-50)27(44)9-12-47(39,46)7)43(61)67-42-36(59)33(56)31(54)26(65-42)18-62-40-37(60)34(57)38(25(17-49)64-40)66-41-35(58)32(55)30(53)21(3)63-41/h21-42,49-60H,1,8-19H2,2-7H3/t21-,22-,23+,24+,25+,26+,27+,28+,29+,30-,31+,32+,33-,34+,35+,36+,37+,38+,39+,40+,41-,42-,44-,45-,46+,47+,48-/m0/s1. The Hall–Kier alpha value is -1.47. The highest BCUT2D eigenvalue weighted by molar-refractivity contribution is 5.78. The smallest absolute Gasteiger partial charge is 0.314 e. The Morgan fingerprint density at radius 1 is 0.687 bits per heavy atom. The molecule has 0 amide bonds. The summed E-state index contributed by atoms with van der Waals surface area (Å²) in [7, 11) is 0. The molecule has 0 spiro atoms. The third kappa shape index (κ3) is 7.92. The molecule has 5 saturated carbocycles. The zero-order valence-electron chi connectivity index (χ0n) is 39.6. The minimum Gasteiger partial charge on any atom is -0.432 e. The van der Waals surface area contributed by atoms with Gasteiger partial charge < -0.3 is 89.7 Å². The molecule has 67 heavy (non-hydrogen) atoms. The Morgan fingerprint density at radius 3 is 1.99 bits per heavy atom. The summed E-state index contributed by atoms with van der Waals surface area (Å²) in [6.07, 6.45) is -20.4. The van der Waals surface area contributed by atoms with Gasteiger partial charge in [0.2, 0.25) is 6.29 Å². The Labute approximate surface area is 392 Å². The lowest BCUT2D eigenvalue weighted by Crippen LogP contribution is -2.71. The molecule has 0 aromatic heterocycles. The zero-order valence-corrected chi connectivity index (χ0v) is 39.6. The van der Waals surface area contributed by atoms with Gasteiger partial charge in [-0.2, -0.15) is 0 Å². The molecule has 8 aliphatic rings. The number of esters is 1. The lowest BCUT2D eigenvalue weighted by Gasteiger charge is -2.73. The van der Waals surface area contributed by atoms with Gasteiger partial charge >= 0.3 is 5.97 Å². The first-order chi connectivity index (χ1) is 31.4. The van der Waals surface area contributed by atoms with Crippen LogP contribution in [-0.4, -0.2) is 191 Å². The van der Waals surface area contributed by atoms with Crippen LogP contribution in [0.5, 0.6) is 0 Å². The average Bonchev–Trinajstić information content (AvgIpc) is 3.70. The van der Waals surface area contributed by atoms with E-state index in [1.54, 1.807) is 0 Å². The van der Waals surface area contributed by atoms with Crippen molar-refractivity contribution in [3.05, 3.63) is 12.2 Å². The minimum atomic E-state index is -1.88. The highest BCUT2D eigenvalue weighted by Crippen LogP contribution is 2.77. The highest BCUT2D eigenvalue weighted by atomic mass is 16.8. The summed E-state index contributed by atoms with van der Waals surface area (Å²) in [4.78, 5) is 15.0. The zero-order chi connectivity index (χ0) is 49.1. The van der Waals surface area contributed by atoms with Crippen molar-refractivity contribution in [2.45, 2.75) is 204 Å². The molecule has 384 valence electrons. The molecule has 8 fully saturated rings. The fourth-order valence-electron chi connectivity index (χ4n) is 15.8. The van der Waals surface area contributed by atoms with Gasteiger partial charge in [0.15, 0.2) is 12.6 Å². The number of carbonyl (C=O) groups excluding carboxylic acids is 1. The molecule has 0 radical (unpaired) electrons.